The maximum absolute atomic E-state index is 12.6. The summed E-state index contributed by atoms with van der Waals surface area (Å²) in [5, 5.41) is 2.96. The van der Waals surface area contributed by atoms with Crippen molar-refractivity contribution in [2.24, 2.45) is 0 Å². The molecule has 0 radical (unpaired) electrons. The molecule has 1 saturated heterocycles. The number of rotatable bonds is 6. The molecule has 1 unspecified atom stereocenters. The lowest BCUT2D eigenvalue weighted by atomic mass is 10.1. The highest BCUT2D eigenvalue weighted by atomic mass is 32.2. The molecule has 6 heteroatoms. The minimum absolute atomic E-state index is 0.00979. The summed E-state index contributed by atoms with van der Waals surface area (Å²) in [5.74, 6) is 0.980. The summed E-state index contributed by atoms with van der Waals surface area (Å²) < 4.78 is 16.6. The van der Waals surface area contributed by atoms with Gasteiger partial charge in [-0.05, 0) is 36.6 Å². The van der Waals surface area contributed by atoms with Crippen molar-refractivity contribution < 1.29 is 19.0 Å². The highest BCUT2D eigenvalue weighted by Crippen LogP contribution is 2.31. The average molecular weight is 359 g/mol. The van der Waals surface area contributed by atoms with Crippen LogP contribution in [-0.2, 0) is 4.74 Å². The van der Waals surface area contributed by atoms with E-state index in [-0.39, 0.29) is 12.0 Å². The number of amides is 1. The van der Waals surface area contributed by atoms with Crippen LogP contribution in [0.3, 0.4) is 0 Å². The van der Waals surface area contributed by atoms with Crippen molar-refractivity contribution in [2.75, 3.05) is 31.9 Å². The molecule has 0 aliphatic carbocycles. The minimum atomic E-state index is -0.184. The predicted octanol–water partition coefficient (Wildman–Crippen LogP) is 3.84. The second-order valence-corrected chi connectivity index (χ2v) is 6.47. The minimum Gasteiger partial charge on any atom is -0.493 e. The van der Waals surface area contributed by atoms with E-state index in [0.717, 1.165) is 17.0 Å². The highest BCUT2D eigenvalue weighted by Gasteiger charge is 2.20. The van der Waals surface area contributed by atoms with Gasteiger partial charge >= 0.3 is 0 Å². The van der Waals surface area contributed by atoms with Crippen LogP contribution in [0.5, 0.6) is 11.5 Å². The highest BCUT2D eigenvalue weighted by molar-refractivity contribution is 7.98. The van der Waals surface area contributed by atoms with Gasteiger partial charge in [0, 0.05) is 16.9 Å². The quantitative estimate of drug-likeness (QED) is 0.794. The molecule has 1 aliphatic heterocycles. The van der Waals surface area contributed by atoms with E-state index in [2.05, 4.69) is 5.32 Å². The van der Waals surface area contributed by atoms with Crippen molar-refractivity contribution in [3.63, 3.8) is 0 Å². The first-order valence-corrected chi connectivity index (χ1v) is 9.30. The van der Waals surface area contributed by atoms with Gasteiger partial charge in [0.05, 0.1) is 26.0 Å². The van der Waals surface area contributed by atoms with Gasteiger partial charge in [0.1, 0.15) is 6.10 Å². The number of carbonyl (C=O) groups excluding carboxylic acids is 1. The number of benzene rings is 2. The van der Waals surface area contributed by atoms with Gasteiger partial charge in [0.2, 0.25) is 0 Å². The van der Waals surface area contributed by atoms with Gasteiger partial charge in [0.15, 0.2) is 11.5 Å². The number of ether oxygens (including phenoxy) is 3. The van der Waals surface area contributed by atoms with E-state index in [1.807, 2.05) is 30.5 Å². The summed E-state index contributed by atoms with van der Waals surface area (Å²) in [5.41, 5.74) is 1.31. The molecule has 132 valence electrons. The van der Waals surface area contributed by atoms with E-state index >= 15 is 0 Å². The van der Waals surface area contributed by atoms with Gasteiger partial charge in [-0.15, -0.1) is 11.8 Å². The number of methoxy groups -OCH3 is 1. The standard InChI is InChI=1S/C19H21NO4S/c1-22-16-8-7-13(11-17(16)24-14-9-10-23-12-14)19(21)20-15-5-3-4-6-18(15)25-2/h3-8,11,14H,9-10,12H2,1-2H3,(H,20,21). The Morgan fingerprint density at radius 3 is 2.80 bits per heavy atom. The summed E-state index contributed by atoms with van der Waals surface area (Å²) in [4.78, 5) is 13.6. The van der Waals surface area contributed by atoms with E-state index in [1.165, 1.54) is 0 Å². The smallest absolute Gasteiger partial charge is 0.255 e. The van der Waals surface area contributed by atoms with E-state index in [4.69, 9.17) is 14.2 Å². The van der Waals surface area contributed by atoms with E-state index in [0.29, 0.717) is 30.3 Å². The summed E-state index contributed by atoms with van der Waals surface area (Å²) in [6.45, 7) is 1.25. The van der Waals surface area contributed by atoms with Crippen LogP contribution >= 0.6 is 11.8 Å². The number of anilines is 1. The Hall–Kier alpha value is -2.18. The van der Waals surface area contributed by atoms with Crippen LogP contribution in [0.15, 0.2) is 47.4 Å². The SMILES string of the molecule is COc1ccc(C(=O)Nc2ccccc2SC)cc1OC1CCOC1. The molecule has 1 atom stereocenters. The van der Waals surface area contributed by atoms with Crippen LogP contribution in [0, 0.1) is 0 Å². The van der Waals surface area contributed by atoms with Crippen molar-refractivity contribution in [1.82, 2.24) is 0 Å². The van der Waals surface area contributed by atoms with E-state index < -0.39 is 0 Å². The first-order chi connectivity index (χ1) is 12.2. The summed E-state index contributed by atoms with van der Waals surface area (Å²) in [6.07, 6.45) is 2.80. The lowest BCUT2D eigenvalue weighted by Gasteiger charge is -2.16. The maximum atomic E-state index is 12.6. The lowest BCUT2D eigenvalue weighted by Crippen LogP contribution is -2.17. The fourth-order valence-electron chi connectivity index (χ4n) is 2.64. The Morgan fingerprint density at radius 2 is 2.08 bits per heavy atom. The monoisotopic (exact) mass is 359 g/mol. The van der Waals surface area contributed by atoms with Gasteiger partial charge in [-0.3, -0.25) is 4.79 Å². The van der Waals surface area contributed by atoms with Crippen molar-refractivity contribution in [3.8, 4) is 11.5 Å². The Labute approximate surface area is 151 Å². The molecule has 0 bridgehead atoms. The summed E-state index contributed by atoms with van der Waals surface area (Å²) >= 11 is 1.59. The van der Waals surface area contributed by atoms with Crippen molar-refractivity contribution in [1.29, 1.82) is 0 Å². The predicted molar refractivity (Wildman–Crippen MR) is 99.0 cm³/mol. The molecule has 0 spiro atoms. The number of nitrogens with one attached hydrogen (secondary N) is 1. The lowest BCUT2D eigenvalue weighted by molar-refractivity contribution is 0.102. The molecule has 0 aromatic heterocycles. The Morgan fingerprint density at radius 1 is 1.24 bits per heavy atom. The van der Waals surface area contributed by atoms with Crippen molar-refractivity contribution in [3.05, 3.63) is 48.0 Å². The molecular formula is C19H21NO4S. The second kappa shape index (κ2) is 8.27. The molecule has 25 heavy (non-hydrogen) atoms. The van der Waals surface area contributed by atoms with Gasteiger partial charge in [-0.1, -0.05) is 12.1 Å². The molecule has 1 amide bonds. The Balaban J connectivity index is 1.80. The number of carbonyl (C=O) groups is 1. The topological polar surface area (TPSA) is 56.8 Å². The maximum Gasteiger partial charge on any atom is 0.255 e. The Bertz CT molecular complexity index is 744. The van der Waals surface area contributed by atoms with Crippen molar-refractivity contribution in [2.45, 2.75) is 17.4 Å². The Kier molecular flexibility index (Phi) is 5.83. The fourth-order valence-corrected chi connectivity index (χ4v) is 3.19. The van der Waals surface area contributed by atoms with Gasteiger partial charge in [-0.2, -0.15) is 0 Å². The van der Waals surface area contributed by atoms with Gasteiger partial charge in [0.25, 0.3) is 5.91 Å². The van der Waals surface area contributed by atoms with Crippen LogP contribution in [0.25, 0.3) is 0 Å². The molecule has 0 saturated carbocycles. The molecule has 1 fully saturated rings. The molecule has 3 rings (SSSR count). The first kappa shape index (κ1) is 17.6. The summed E-state index contributed by atoms with van der Waals surface area (Å²) in [7, 11) is 1.59. The molecule has 2 aromatic carbocycles. The van der Waals surface area contributed by atoms with Crippen LogP contribution < -0.4 is 14.8 Å². The van der Waals surface area contributed by atoms with Crippen molar-refractivity contribution >= 4 is 23.4 Å². The van der Waals surface area contributed by atoms with Gasteiger partial charge < -0.3 is 19.5 Å². The molecular weight excluding hydrogens is 338 g/mol. The van der Waals surface area contributed by atoms with Crippen LogP contribution in [0.4, 0.5) is 5.69 Å². The van der Waals surface area contributed by atoms with Crippen LogP contribution in [0.1, 0.15) is 16.8 Å². The zero-order valence-electron chi connectivity index (χ0n) is 14.3. The van der Waals surface area contributed by atoms with E-state index in [1.54, 1.807) is 37.1 Å². The molecule has 1 heterocycles. The zero-order chi connectivity index (χ0) is 17.6. The number of thioether (sulfide) groups is 1. The number of para-hydroxylation sites is 1. The van der Waals surface area contributed by atoms with Crippen LogP contribution in [-0.4, -0.2) is 38.6 Å². The first-order valence-electron chi connectivity index (χ1n) is 8.08. The third-order valence-electron chi connectivity index (χ3n) is 3.96. The summed E-state index contributed by atoms with van der Waals surface area (Å²) in [6, 6.07) is 12.9. The van der Waals surface area contributed by atoms with E-state index in [9.17, 15) is 4.79 Å². The number of hydrogen-bond donors (Lipinski definition) is 1. The third kappa shape index (κ3) is 4.27. The third-order valence-corrected chi connectivity index (χ3v) is 4.76. The zero-order valence-corrected chi connectivity index (χ0v) is 15.1. The molecule has 5 nitrogen and oxygen atoms in total. The van der Waals surface area contributed by atoms with Crippen LogP contribution in [0.2, 0.25) is 0 Å². The fraction of sp³-hybridized carbons (Fsp3) is 0.316. The second-order valence-electron chi connectivity index (χ2n) is 5.62. The normalized spacial score (nSPS) is 16.5. The molecule has 1 N–H and O–H groups in total. The average Bonchev–Trinajstić information content (AvgIpc) is 3.15. The molecule has 2 aromatic rings. The number of hydrogen-bond acceptors (Lipinski definition) is 5. The van der Waals surface area contributed by atoms with Gasteiger partial charge in [-0.25, -0.2) is 0 Å². The molecule has 1 aliphatic rings. The largest absolute Gasteiger partial charge is 0.493 e.